The quantitative estimate of drug-likeness (QED) is 0.196. The van der Waals surface area contributed by atoms with Crippen molar-refractivity contribution in [1.82, 2.24) is 9.61 Å². The molecular weight excluding hydrogens is 475 g/mol. The van der Waals surface area contributed by atoms with E-state index in [1.54, 1.807) is 6.20 Å². The van der Waals surface area contributed by atoms with Crippen molar-refractivity contribution >= 4 is 40.0 Å². The smallest absolute Gasteiger partial charge is 0.135 e. The summed E-state index contributed by atoms with van der Waals surface area (Å²) in [5.41, 5.74) is 13.7. The van der Waals surface area contributed by atoms with Crippen LogP contribution in [0.15, 0.2) is 59.9 Å². The molecule has 6 nitrogen and oxygen atoms in total. The van der Waals surface area contributed by atoms with Crippen LogP contribution >= 0.6 is 11.6 Å². The van der Waals surface area contributed by atoms with E-state index in [0.717, 1.165) is 40.9 Å². The lowest BCUT2D eigenvalue weighted by Crippen LogP contribution is -2.25. The number of amidine groups is 1. The first-order chi connectivity index (χ1) is 17.4. The summed E-state index contributed by atoms with van der Waals surface area (Å²) in [4.78, 5) is 4.47. The summed E-state index contributed by atoms with van der Waals surface area (Å²) in [5, 5.41) is 11.9. The molecule has 0 bridgehead atoms. The maximum Gasteiger partial charge on any atom is 0.135 e. The molecule has 5 rings (SSSR count). The number of hydrogen-bond donors (Lipinski definition) is 3. The summed E-state index contributed by atoms with van der Waals surface area (Å²) < 4.78 is 15.7. The molecule has 1 aliphatic carbocycles. The lowest BCUT2D eigenvalue weighted by molar-refractivity contribution is 0.463. The molecule has 0 radical (unpaired) electrons. The number of nitrogens with one attached hydrogen (secondary N) is 2. The van der Waals surface area contributed by atoms with Gasteiger partial charge in [0.1, 0.15) is 11.7 Å². The molecule has 8 heteroatoms. The van der Waals surface area contributed by atoms with E-state index in [2.05, 4.69) is 51.9 Å². The van der Waals surface area contributed by atoms with Crippen LogP contribution in [0.5, 0.6) is 0 Å². The summed E-state index contributed by atoms with van der Waals surface area (Å²) >= 11 is 6.26. The van der Waals surface area contributed by atoms with Crippen LogP contribution < -0.4 is 16.4 Å². The topological polar surface area (TPSA) is 79.7 Å². The van der Waals surface area contributed by atoms with E-state index in [0.29, 0.717) is 16.6 Å². The van der Waals surface area contributed by atoms with Crippen LogP contribution in [-0.2, 0) is 0 Å². The van der Waals surface area contributed by atoms with E-state index < -0.39 is 5.82 Å². The number of hydrogen-bond acceptors (Lipinski definition) is 4. The van der Waals surface area contributed by atoms with Crippen molar-refractivity contribution in [3.05, 3.63) is 76.8 Å². The zero-order valence-electron chi connectivity index (χ0n) is 20.5. The van der Waals surface area contributed by atoms with Crippen molar-refractivity contribution in [1.29, 1.82) is 0 Å². The number of aryl methyl sites for hydroxylation is 1. The molecule has 0 unspecified atom stereocenters. The predicted octanol–water partition coefficient (Wildman–Crippen LogP) is 6.93. The van der Waals surface area contributed by atoms with Crippen LogP contribution in [0, 0.1) is 12.7 Å². The van der Waals surface area contributed by atoms with Gasteiger partial charge in [-0.15, -0.1) is 0 Å². The van der Waals surface area contributed by atoms with Crippen LogP contribution in [0.4, 0.5) is 21.5 Å². The first-order valence-electron chi connectivity index (χ1n) is 12.3. The molecular formula is C28H30ClFN6. The van der Waals surface area contributed by atoms with Crippen molar-refractivity contribution in [3.63, 3.8) is 0 Å². The fourth-order valence-corrected chi connectivity index (χ4v) is 5.07. The summed E-state index contributed by atoms with van der Waals surface area (Å²) in [6, 6.07) is 12.8. The fourth-order valence-electron chi connectivity index (χ4n) is 4.91. The minimum atomic E-state index is -0.420. The van der Waals surface area contributed by atoms with Gasteiger partial charge in [0.15, 0.2) is 0 Å². The van der Waals surface area contributed by atoms with Crippen LogP contribution in [0.25, 0.3) is 16.6 Å². The zero-order valence-corrected chi connectivity index (χ0v) is 21.2. The average molecular weight is 505 g/mol. The number of halogens is 2. The second-order valence-corrected chi connectivity index (χ2v) is 9.75. The van der Waals surface area contributed by atoms with Crippen LogP contribution in [0.2, 0.25) is 5.02 Å². The Kier molecular flexibility index (Phi) is 6.83. The SMILES string of the molecule is CNc1ccc(-c2cc3c(NC4CCCCC4)c(C(N)=Nc4cc(F)ccc4Cl)cnn3c2)c(C)c1. The molecule has 1 fully saturated rings. The van der Waals surface area contributed by atoms with E-state index in [9.17, 15) is 4.39 Å². The van der Waals surface area contributed by atoms with E-state index in [1.807, 2.05) is 17.8 Å². The second-order valence-electron chi connectivity index (χ2n) is 9.34. The van der Waals surface area contributed by atoms with Gasteiger partial charge in [-0.25, -0.2) is 13.9 Å². The van der Waals surface area contributed by atoms with Gasteiger partial charge in [-0.3, -0.25) is 0 Å². The third-order valence-electron chi connectivity index (χ3n) is 6.84. The Hall–Kier alpha value is -3.58. The molecule has 2 aromatic carbocycles. The fraction of sp³-hybridized carbons (Fsp3) is 0.286. The normalized spacial score (nSPS) is 14.8. The Morgan fingerprint density at radius 3 is 2.69 bits per heavy atom. The molecule has 36 heavy (non-hydrogen) atoms. The monoisotopic (exact) mass is 504 g/mol. The third-order valence-corrected chi connectivity index (χ3v) is 7.16. The van der Waals surface area contributed by atoms with Crippen LogP contribution in [0.3, 0.4) is 0 Å². The van der Waals surface area contributed by atoms with E-state index in [4.69, 9.17) is 17.3 Å². The number of fused-ring (bicyclic) bond motifs is 1. The summed E-state index contributed by atoms with van der Waals surface area (Å²) in [6.45, 7) is 2.10. The maximum atomic E-state index is 13.8. The molecule has 1 saturated carbocycles. The van der Waals surface area contributed by atoms with Crippen molar-refractivity contribution in [2.75, 3.05) is 17.7 Å². The number of anilines is 2. The Morgan fingerprint density at radius 1 is 1.14 bits per heavy atom. The first kappa shape index (κ1) is 24.1. The number of nitrogens with zero attached hydrogens (tertiary/aromatic N) is 3. The zero-order chi connectivity index (χ0) is 25.2. The molecule has 0 atom stereocenters. The molecule has 1 aliphatic rings. The minimum Gasteiger partial charge on any atom is -0.388 e. The van der Waals surface area contributed by atoms with Gasteiger partial charge in [0.05, 0.1) is 33.7 Å². The van der Waals surface area contributed by atoms with Gasteiger partial charge in [0.2, 0.25) is 0 Å². The van der Waals surface area contributed by atoms with Gasteiger partial charge >= 0.3 is 0 Å². The Bertz CT molecular complexity index is 1440. The Morgan fingerprint density at radius 2 is 1.94 bits per heavy atom. The highest BCUT2D eigenvalue weighted by atomic mass is 35.5. The Balaban J connectivity index is 1.63. The highest BCUT2D eigenvalue weighted by Gasteiger charge is 2.20. The molecule has 4 N–H and O–H groups in total. The number of rotatable bonds is 6. The molecule has 0 saturated heterocycles. The van der Waals surface area contributed by atoms with Gasteiger partial charge in [-0.1, -0.05) is 36.9 Å². The predicted molar refractivity (Wildman–Crippen MR) is 147 cm³/mol. The molecule has 2 aromatic heterocycles. The standard InChI is InChI=1S/C28H30ClFN6/c1-17-12-21(32-2)9-10-22(17)18-13-26-27(34-20-6-4-3-5-7-20)23(15-33-36(26)16-18)28(31)35-25-14-19(30)8-11-24(25)29/h8-16,20,32,34H,3-7H2,1-2H3,(H2,31,35). The minimum absolute atomic E-state index is 0.230. The summed E-state index contributed by atoms with van der Waals surface area (Å²) in [7, 11) is 1.92. The maximum absolute atomic E-state index is 13.8. The molecule has 2 heterocycles. The largest absolute Gasteiger partial charge is 0.388 e. The highest BCUT2D eigenvalue weighted by Crippen LogP contribution is 2.34. The van der Waals surface area contributed by atoms with Crippen molar-refractivity contribution in [2.45, 2.75) is 45.1 Å². The Labute approximate surface area is 215 Å². The lowest BCUT2D eigenvalue weighted by Gasteiger charge is -2.25. The van der Waals surface area contributed by atoms with Gasteiger partial charge < -0.3 is 16.4 Å². The first-order valence-corrected chi connectivity index (χ1v) is 12.7. The van der Waals surface area contributed by atoms with Gasteiger partial charge in [-0.05, 0) is 61.2 Å². The summed E-state index contributed by atoms with van der Waals surface area (Å²) in [5.74, 6) is -0.191. The van der Waals surface area contributed by atoms with E-state index in [1.165, 1.54) is 43.0 Å². The van der Waals surface area contributed by atoms with Gasteiger partial charge in [0.25, 0.3) is 0 Å². The van der Waals surface area contributed by atoms with Gasteiger partial charge in [-0.2, -0.15) is 5.10 Å². The number of aromatic nitrogens is 2. The van der Waals surface area contributed by atoms with E-state index in [-0.39, 0.29) is 11.5 Å². The van der Waals surface area contributed by atoms with Crippen LogP contribution in [-0.4, -0.2) is 28.5 Å². The average Bonchev–Trinajstić information content (AvgIpc) is 3.31. The third kappa shape index (κ3) is 4.88. The number of benzene rings is 2. The molecule has 0 aliphatic heterocycles. The molecule has 0 spiro atoms. The van der Waals surface area contributed by atoms with Crippen molar-refractivity contribution in [3.8, 4) is 11.1 Å². The molecule has 4 aromatic rings. The summed E-state index contributed by atoms with van der Waals surface area (Å²) in [6.07, 6.45) is 9.59. The van der Waals surface area contributed by atoms with Crippen molar-refractivity contribution < 1.29 is 4.39 Å². The molecule has 186 valence electrons. The van der Waals surface area contributed by atoms with Gasteiger partial charge in [0, 0.05) is 36.6 Å². The van der Waals surface area contributed by atoms with E-state index >= 15 is 0 Å². The molecule has 0 amide bonds. The lowest BCUT2D eigenvalue weighted by atomic mass is 9.95. The van der Waals surface area contributed by atoms with Crippen LogP contribution in [0.1, 0.15) is 43.2 Å². The van der Waals surface area contributed by atoms with Crippen molar-refractivity contribution in [2.24, 2.45) is 10.7 Å². The highest BCUT2D eigenvalue weighted by molar-refractivity contribution is 6.33. The second kappa shape index (κ2) is 10.2. The number of nitrogens with two attached hydrogens (primary N) is 1. The number of aliphatic imine (C=N–C) groups is 1.